The van der Waals surface area contributed by atoms with Gasteiger partial charge in [-0.15, -0.1) is 11.3 Å². The summed E-state index contributed by atoms with van der Waals surface area (Å²) in [6.45, 7) is 5.51. The number of amides is 1. The molecule has 8 heteroatoms. The third-order valence-electron chi connectivity index (χ3n) is 4.45. The van der Waals surface area contributed by atoms with Crippen molar-refractivity contribution in [2.24, 2.45) is 0 Å². The smallest absolute Gasteiger partial charge is 0.250 e. The average Bonchev–Trinajstić information content (AvgIpc) is 3.15. The van der Waals surface area contributed by atoms with Crippen molar-refractivity contribution in [3.05, 3.63) is 52.4 Å². The lowest BCUT2D eigenvalue weighted by atomic mass is 9.84. The van der Waals surface area contributed by atoms with Gasteiger partial charge in [0.2, 0.25) is 5.91 Å². The Morgan fingerprint density at radius 1 is 1.19 bits per heavy atom. The van der Waals surface area contributed by atoms with Crippen LogP contribution in [0.15, 0.2) is 46.0 Å². The predicted octanol–water partition coefficient (Wildman–Crippen LogP) is 3.90. The van der Waals surface area contributed by atoms with E-state index in [1.54, 1.807) is 30.5 Å². The quantitative estimate of drug-likeness (QED) is 0.687. The number of sulfonamides is 1. The van der Waals surface area contributed by atoms with Crippen LogP contribution in [0.25, 0.3) is 0 Å². The molecule has 0 aliphatic rings. The monoisotopic (exact) mass is 414 g/mol. The summed E-state index contributed by atoms with van der Waals surface area (Å²) in [5.41, 5.74) is 0.359. The number of carbonyl (C=O) groups is 1. The summed E-state index contributed by atoms with van der Waals surface area (Å²) in [6.07, 6.45) is 1.34. The van der Waals surface area contributed by atoms with Gasteiger partial charge in [-0.25, -0.2) is 8.42 Å². The molecule has 5 nitrogen and oxygen atoms in total. The molecule has 0 aliphatic carbocycles. The van der Waals surface area contributed by atoms with E-state index in [2.05, 4.69) is 10.0 Å². The van der Waals surface area contributed by atoms with Gasteiger partial charge < -0.3 is 5.32 Å². The Morgan fingerprint density at radius 2 is 1.81 bits per heavy atom. The van der Waals surface area contributed by atoms with Gasteiger partial charge in [0.15, 0.2) is 0 Å². The summed E-state index contributed by atoms with van der Waals surface area (Å²) >= 11 is 7.07. The molecule has 2 rings (SSSR count). The van der Waals surface area contributed by atoms with Crippen molar-refractivity contribution in [3.63, 3.8) is 0 Å². The van der Waals surface area contributed by atoms with Crippen LogP contribution in [0.3, 0.4) is 0 Å². The van der Waals surface area contributed by atoms with Gasteiger partial charge in [-0.1, -0.05) is 43.6 Å². The molecule has 0 spiro atoms. The zero-order valence-electron chi connectivity index (χ0n) is 15.0. The number of rotatable bonds is 8. The molecule has 26 heavy (non-hydrogen) atoms. The van der Waals surface area contributed by atoms with Gasteiger partial charge in [-0.05, 0) is 48.9 Å². The van der Waals surface area contributed by atoms with Crippen molar-refractivity contribution in [2.75, 3.05) is 0 Å². The zero-order valence-corrected chi connectivity index (χ0v) is 17.3. The van der Waals surface area contributed by atoms with E-state index >= 15 is 0 Å². The Bertz CT molecular complexity index is 830. The highest BCUT2D eigenvalue weighted by Gasteiger charge is 2.33. The van der Waals surface area contributed by atoms with Crippen LogP contribution in [0.2, 0.25) is 5.02 Å². The van der Waals surface area contributed by atoms with Gasteiger partial charge in [0.05, 0.1) is 11.6 Å². The van der Waals surface area contributed by atoms with Gasteiger partial charge >= 0.3 is 0 Å². The number of benzene rings is 1. The van der Waals surface area contributed by atoms with Crippen LogP contribution in [-0.2, 0) is 20.4 Å². The number of hydrogen-bond acceptors (Lipinski definition) is 4. The highest BCUT2D eigenvalue weighted by atomic mass is 35.5. The molecule has 1 aromatic carbocycles. The molecule has 1 heterocycles. The number of carbonyl (C=O) groups excluding carboxylic acids is 1. The fourth-order valence-corrected chi connectivity index (χ4v) is 5.12. The Kier molecular flexibility index (Phi) is 6.85. The van der Waals surface area contributed by atoms with Gasteiger partial charge in [0.1, 0.15) is 4.21 Å². The summed E-state index contributed by atoms with van der Waals surface area (Å²) in [4.78, 5) is 12.7. The van der Waals surface area contributed by atoms with Crippen molar-refractivity contribution in [3.8, 4) is 0 Å². The highest BCUT2D eigenvalue weighted by Crippen LogP contribution is 2.30. The lowest BCUT2D eigenvalue weighted by Gasteiger charge is -2.34. The molecule has 0 saturated carbocycles. The molecule has 0 saturated heterocycles. The second kappa shape index (κ2) is 8.52. The summed E-state index contributed by atoms with van der Waals surface area (Å²) < 4.78 is 27.3. The summed E-state index contributed by atoms with van der Waals surface area (Å²) in [5.74, 6) is -0.371. The minimum atomic E-state index is -3.71. The molecular weight excluding hydrogens is 392 g/mol. The second-order valence-electron chi connectivity index (χ2n) is 6.06. The molecule has 2 aromatic rings. The lowest BCUT2D eigenvalue weighted by Crippen LogP contribution is -2.52. The summed E-state index contributed by atoms with van der Waals surface area (Å²) in [6, 6.07) is 9.61. The van der Waals surface area contributed by atoms with E-state index in [0.717, 1.165) is 16.9 Å². The second-order valence-corrected chi connectivity index (χ2v) is 9.39. The lowest BCUT2D eigenvalue weighted by molar-refractivity contribution is -0.124. The first-order valence-electron chi connectivity index (χ1n) is 8.38. The van der Waals surface area contributed by atoms with Crippen LogP contribution in [0.4, 0.5) is 0 Å². The Morgan fingerprint density at radius 3 is 2.31 bits per heavy atom. The zero-order chi connectivity index (χ0) is 19.4. The molecule has 1 amide bonds. The van der Waals surface area contributed by atoms with Crippen LogP contribution in [0.5, 0.6) is 0 Å². The molecule has 0 bridgehead atoms. The highest BCUT2D eigenvalue weighted by molar-refractivity contribution is 7.91. The summed E-state index contributed by atoms with van der Waals surface area (Å²) in [5, 5.41) is 5.33. The molecule has 1 atom stereocenters. The fraction of sp³-hybridized carbons (Fsp3) is 0.389. The Hall–Kier alpha value is -1.41. The molecular formula is C18H23ClN2O3S2. The molecule has 1 aromatic heterocycles. The van der Waals surface area contributed by atoms with Crippen molar-refractivity contribution >= 4 is 38.9 Å². The van der Waals surface area contributed by atoms with E-state index in [-0.39, 0.29) is 10.1 Å². The first-order valence-corrected chi connectivity index (χ1v) is 11.1. The van der Waals surface area contributed by atoms with Gasteiger partial charge in [-0.3, -0.25) is 4.79 Å². The van der Waals surface area contributed by atoms with Crippen LogP contribution < -0.4 is 10.0 Å². The molecule has 0 aliphatic heterocycles. The minimum absolute atomic E-state index is 0.187. The fourth-order valence-electron chi connectivity index (χ4n) is 2.78. The predicted molar refractivity (Wildman–Crippen MR) is 106 cm³/mol. The largest absolute Gasteiger partial charge is 0.345 e. The number of nitrogens with one attached hydrogen (secondary N) is 2. The van der Waals surface area contributed by atoms with E-state index in [4.69, 9.17) is 11.6 Å². The van der Waals surface area contributed by atoms with E-state index in [1.807, 2.05) is 26.0 Å². The summed E-state index contributed by atoms with van der Waals surface area (Å²) in [7, 11) is -3.71. The van der Waals surface area contributed by atoms with E-state index in [9.17, 15) is 13.2 Å². The normalized spacial score (nSPS) is 13.4. The van der Waals surface area contributed by atoms with Gasteiger partial charge in [-0.2, -0.15) is 4.72 Å². The van der Waals surface area contributed by atoms with Crippen molar-refractivity contribution in [1.29, 1.82) is 0 Å². The Labute approximate surface area is 163 Å². The maximum absolute atomic E-state index is 12.7. The number of halogens is 1. The van der Waals surface area contributed by atoms with Crippen LogP contribution >= 0.6 is 22.9 Å². The van der Waals surface area contributed by atoms with Crippen LogP contribution in [-0.4, -0.2) is 20.4 Å². The van der Waals surface area contributed by atoms with Crippen LogP contribution in [0.1, 0.15) is 39.2 Å². The maximum atomic E-state index is 12.7. The number of hydrogen-bond donors (Lipinski definition) is 2. The van der Waals surface area contributed by atoms with Crippen molar-refractivity contribution in [2.45, 2.75) is 49.4 Å². The molecule has 142 valence electrons. The Balaban J connectivity index is 2.18. The maximum Gasteiger partial charge on any atom is 0.250 e. The van der Waals surface area contributed by atoms with Gasteiger partial charge in [0, 0.05) is 5.02 Å². The van der Waals surface area contributed by atoms with Gasteiger partial charge in [0.25, 0.3) is 10.0 Å². The van der Waals surface area contributed by atoms with Crippen molar-refractivity contribution in [1.82, 2.24) is 10.0 Å². The minimum Gasteiger partial charge on any atom is -0.345 e. The molecule has 0 radical (unpaired) electrons. The topological polar surface area (TPSA) is 75.3 Å². The third kappa shape index (κ3) is 4.65. The molecule has 2 N–H and O–H groups in total. The first kappa shape index (κ1) is 20.9. The average molecular weight is 415 g/mol. The third-order valence-corrected chi connectivity index (χ3v) is 7.64. The van der Waals surface area contributed by atoms with Crippen molar-refractivity contribution < 1.29 is 13.2 Å². The van der Waals surface area contributed by atoms with E-state index in [1.165, 1.54) is 6.07 Å². The SMILES string of the molecule is CCC(CC)(NC(=O)C(C)NS(=O)(=O)c1cccs1)c1ccc(Cl)cc1. The van der Waals surface area contributed by atoms with E-state index in [0.29, 0.717) is 17.9 Å². The van der Waals surface area contributed by atoms with Crippen LogP contribution in [0, 0.1) is 0 Å². The first-order chi connectivity index (χ1) is 12.2. The number of thiophene rings is 1. The standard InChI is InChI=1S/C18H23ClN2O3S2/c1-4-18(5-2,14-8-10-15(19)11-9-14)20-17(22)13(3)21-26(23,24)16-7-6-12-25-16/h6-13,21H,4-5H2,1-3H3,(H,20,22). The molecule has 0 fully saturated rings. The molecule has 1 unspecified atom stereocenters. The van der Waals surface area contributed by atoms with E-state index < -0.39 is 21.6 Å².